The van der Waals surface area contributed by atoms with Crippen LogP contribution in [0.2, 0.25) is 5.02 Å². The van der Waals surface area contributed by atoms with Gasteiger partial charge in [0.2, 0.25) is 0 Å². The second-order valence-corrected chi connectivity index (χ2v) is 5.59. The highest BCUT2D eigenvalue weighted by molar-refractivity contribution is 6.31. The molecule has 1 nitrogen and oxygen atoms in total. The predicted octanol–water partition coefficient (Wildman–Crippen LogP) is 4.19. The van der Waals surface area contributed by atoms with Gasteiger partial charge in [-0.15, -0.1) is 0 Å². The molecular formula is C15H21ClFN. The summed E-state index contributed by atoms with van der Waals surface area (Å²) >= 11 is 6.08. The molecule has 0 bridgehead atoms. The van der Waals surface area contributed by atoms with Crippen LogP contribution in [0.15, 0.2) is 18.2 Å². The summed E-state index contributed by atoms with van der Waals surface area (Å²) in [6, 6.07) is 5.26. The van der Waals surface area contributed by atoms with Crippen molar-refractivity contribution in [3.05, 3.63) is 34.6 Å². The highest BCUT2D eigenvalue weighted by atomic mass is 35.5. The molecule has 0 saturated heterocycles. The molecule has 1 aromatic rings. The van der Waals surface area contributed by atoms with E-state index in [1.165, 1.54) is 25.3 Å². The Hall–Kier alpha value is -0.600. The molecule has 0 aromatic heterocycles. The molecule has 1 N–H and O–H groups in total. The van der Waals surface area contributed by atoms with Gasteiger partial charge < -0.3 is 5.32 Å². The highest BCUT2D eigenvalue weighted by Crippen LogP contribution is 2.34. The van der Waals surface area contributed by atoms with Crippen LogP contribution in [0, 0.1) is 11.7 Å². The van der Waals surface area contributed by atoms with Crippen molar-refractivity contribution in [2.45, 2.75) is 45.1 Å². The van der Waals surface area contributed by atoms with E-state index in [1.54, 1.807) is 12.1 Å². The van der Waals surface area contributed by atoms with Crippen molar-refractivity contribution in [3.8, 4) is 0 Å². The summed E-state index contributed by atoms with van der Waals surface area (Å²) in [5.41, 5.74) is 0.654. The van der Waals surface area contributed by atoms with Gasteiger partial charge in [-0.3, -0.25) is 0 Å². The summed E-state index contributed by atoms with van der Waals surface area (Å²) in [6.45, 7) is 3.01. The largest absolute Gasteiger partial charge is 0.314 e. The lowest BCUT2D eigenvalue weighted by molar-refractivity contribution is 0.455. The maximum Gasteiger partial charge on any atom is 0.127 e. The van der Waals surface area contributed by atoms with E-state index in [4.69, 9.17) is 11.6 Å². The fourth-order valence-corrected chi connectivity index (χ4v) is 2.62. The minimum atomic E-state index is -0.183. The van der Waals surface area contributed by atoms with Crippen LogP contribution in [0.1, 0.15) is 38.2 Å². The first kappa shape index (κ1) is 13.8. The Bertz CT molecular complexity index is 370. The number of halogens is 2. The molecular weight excluding hydrogens is 249 g/mol. The second-order valence-electron chi connectivity index (χ2n) is 5.18. The quantitative estimate of drug-likeness (QED) is 0.783. The van der Waals surface area contributed by atoms with Gasteiger partial charge in [-0.2, -0.15) is 0 Å². The Labute approximate surface area is 114 Å². The molecule has 1 aliphatic carbocycles. The zero-order valence-corrected chi connectivity index (χ0v) is 11.6. The molecule has 0 amide bonds. The topological polar surface area (TPSA) is 12.0 Å². The predicted molar refractivity (Wildman–Crippen MR) is 74.5 cm³/mol. The van der Waals surface area contributed by atoms with Gasteiger partial charge in [0.1, 0.15) is 5.82 Å². The highest BCUT2D eigenvalue weighted by Gasteiger charge is 2.23. The maximum absolute atomic E-state index is 13.8. The van der Waals surface area contributed by atoms with Crippen LogP contribution in [-0.4, -0.2) is 12.6 Å². The van der Waals surface area contributed by atoms with Gasteiger partial charge in [-0.05, 0) is 43.9 Å². The van der Waals surface area contributed by atoms with Crippen molar-refractivity contribution in [1.29, 1.82) is 0 Å². The first-order valence-electron chi connectivity index (χ1n) is 6.87. The lowest BCUT2D eigenvalue weighted by atomic mass is 10.00. The summed E-state index contributed by atoms with van der Waals surface area (Å²) in [5.74, 6) is 0.735. The molecule has 0 radical (unpaired) electrons. The molecule has 3 heteroatoms. The SMILES string of the molecule is CCNC(CCC1CC1)Cc1c(F)cccc1Cl. The smallest absolute Gasteiger partial charge is 0.127 e. The minimum Gasteiger partial charge on any atom is -0.314 e. The Morgan fingerprint density at radius 1 is 1.44 bits per heavy atom. The van der Waals surface area contributed by atoms with E-state index in [2.05, 4.69) is 12.2 Å². The van der Waals surface area contributed by atoms with Gasteiger partial charge in [0, 0.05) is 16.6 Å². The Morgan fingerprint density at radius 3 is 2.83 bits per heavy atom. The number of rotatable bonds is 7. The number of nitrogens with one attached hydrogen (secondary N) is 1. The third-order valence-electron chi connectivity index (χ3n) is 3.63. The number of hydrogen-bond acceptors (Lipinski definition) is 1. The van der Waals surface area contributed by atoms with E-state index >= 15 is 0 Å². The Balaban J connectivity index is 1.97. The molecule has 100 valence electrons. The molecule has 0 spiro atoms. The summed E-state index contributed by atoms with van der Waals surface area (Å²) in [7, 11) is 0. The van der Waals surface area contributed by atoms with Crippen LogP contribution in [0.3, 0.4) is 0 Å². The fraction of sp³-hybridized carbons (Fsp3) is 0.600. The van der Waals surface area contributed by atoms with E-state index in [-0.39, 0.29) is 5.82 Å². The number of hydrogen-bond donors (Lipinski definition) is 1. The summed E-state index contributed by atoms with van der Waals surface area (Å²) in [4.78, 5) is 0. The summed E-state index contributed by atoms with van der Waals surface area (Å²) in [5, 5.41) is 3.99. The molecule has 2 rings (SSSR count). The van der Waals surface area contributed by atoms with Gasteiger partial charge >= 0.3 is 0 Å². The van der Waals surface area contributed by atoms with E-state index in [0.29, 0.717) is 23.0 Å². The Kier molecular flexibility index (Phi) is 5.02. The van der Waals surface area contributed by atoms with Crippen LogP contribution in [0.5, 0.6) is 0 Å². The van der Waals surface area contributed by atoms with Crippen molar-refractivity contribution < 1.29 is 4.39 Å². The lowest BCUT2D eigenvalue weighted by Crippen LogP contribution is -2.31. The van der Waals surface area contributed by atoms with E-state index in [1.807, 2.05) is 0 Å². The first-order valence-corrected chi connectivity index (χ1v) is 7.24. The molecule has 1 unspecified atom stereocenters. The van der Waals surface area contributed by atoms with Gasteiger partial charge in [0.15, 0.2) is 0 Å². The number of benzene rings is 1. The van der Waals surface area contributed by atoms with Gasteiger partial charge in [0.25, 0.3) is 0 Å². The lowest BCUT2D eigenvalue weighted by Gasteiger charge is -2.19. The van der Waals surface area contributed by atoms with Crippen LogP contribution in [-0.2, 0) is 6.42 Å². The van der Waals surface area contributed by atoms with Crippen LogP contribution in [0.4, 0.5) is 4.39 Å². The van der Waals surface area contributed by atoms with Crippen LogP contribution in [0.25, 0.3) is 0 Å². The average Bonchev–Trinajstić information content (AvgIpc) is 3.15. The van der Waals surface area contributed by atoms with Crippen molar-refractivity contribution in [3.63, 3.8) is 0 Å². The number of likely N-dealkylation sites (N-methyl/N-ethyl adjacent to an activating group) is 1. The molecule has 18 heavy (non-hydrogen) atoms. The Morgan fingerprint density at radius 2 is 2.22 bits per heavy atom. The molecule has 1 aromatic carbocycles. The zero-order valence-electron chi connectivity index (χ0n) is 10.9. The van der Waals surface area contributed by atoms with Gasteiger partial charge in [0.05, 0.1) is 0 Å². The van der Waals surface area contributed by atoms with Gasteiger partial charge in [-0.25, -0.2) is 4.39 Å². The van der Waals surface area contributed by atoms with Crippen molar-refractivity contribution in [2.24, 2.45) is 5.92 Å². The molecule has 0 aliphatic heterocycles. The van der Waals surface area contributed by atoms with Gasteiger partial charge in [-0.1, -0.05) is 37.4 Å². The van der Waals surface area contributed by atoms with Crippen LogP contribution < -0.4 is 5.32 Å². The van der Waals surface area contributed by atoms with E-state index < -0.39 is 0 Å². The average molecular weight is 270 g/mol. The zero-order chi connectivity index (χ0) is 13.0. The normalized spacial score (nSPS) is 16.8. The van der Waals surface area contributed by atoms with Crippen molar-refractivity contribution >= 4 is 11.6 Å². The monoisotopic (exact) mass is 269 g/mol. The first-order chi connectivity index (χ1) is 8.70. The minimum absolute atomic E-state index is 0.183. The fourth-order valence-electron chi connectivity index (χ4n) is 2.38. The maximum atomic E-state index is 13.8. The van der Waals surface area contributed by atoms with Crippen LogP contribution >= 0.6 is 11.6 Å². The van der Waals surface area contributed by atoms with E-state index in [0.717, 1.165) is 18.9 Å². The molecule has 1 fully saturated rings. The molecule has 1 saturated carbocycles. The summed E-state index contributed by atoms with van der Waals surface area (Å²) in [6.07, 6.45) is 5.80. The van der Waals surface area contributed by atoms with Crippen molar-refractivity contribution in [2.75, 3.05) is 6.54 Å². The third-order valence-corrected chi connectivity index (χ3v) is 3.98. The van der Waals surface area contributed by atoms with E-state index in [9.17, 15) is 4.39 Å². The second kappa shape index (κ2) is 6.53. The summed E-state index contributed by atoms with van der Waals surface area (Å²) < 4.78 is 13.8. The molecule has 0 heterocycles. The third kappa shape index (κ3) is 3.96. The standard InChI is InChI=1S/C15H21ClFN/c1-2-18-12(9-8-11-6-7-11)10-13-14(16)4-3-5-15(13)17/h3-5,11-12,18H,2,6-10H2,1H3. The molecule has 1 aliphatic rings. The van der Waals surface area contributed by atoms with Crippen molar-refractivity contribution in [1.82, 2.24) is 5.32 Å². The molecule has 1 atom stereocenters.